The quantitative estimate of drug-likeness (QED) is 0.155. The first-order valence-corrected chi connectivity index (χ1v) is 13.7. The summed E-state index contributed by atoms with van der Waals surface area (Å²) in [7, 11) is 0. The second-order valence-corrected chi connectivity index (χ2v) is 10.0. The third-order valence-corrected chi connectivity index (χ3v) is 7.09. The third kappa shape index (κ3) is 6.72. The van der Waals surface area contributed by atoms with E-state index in [-0.39, 0.29) is 29.3 Å². The summed E-state index contributed by atoms with van der Waals surface area (Å²) in [4.78, 5) is 18.5. The Morgan fingerprint density at radius 2 is 1.76 bits per heavy atom. The summed E-state index contributed by atoms with van der Waals surface area (Å²) in [5.41, 5.74) is 9.89. The number of nitrogen functional groups attached to an aromatic ring is 1. The summed E-state index contributed by atoms with van der Waals surface area (Å²) >= 11 is 0. The van der Waals surface area contributed by atoms with Gasteiger partial charge in [0.25, 0.3) is 0 Å². The van der Waals surface area contributed by atoms with Crippen LogP contribution in [0.5, 0.6) is 11.5 Å². The Bertz CT molecular complexity index is 1600. The molecule has 1 saturated heterocycles. The van der Waals surface area contributed by atoms with Crippen LogP contribution in [0.25, 0.3) is 12.2 Å². The van der Waals surface area contributed by atoms with Crippen molar-refractivity contribution in [3.05, 3.63) is 126 Å². The lowest BCUT2D eigenvalue weighted by atomic mass is 9.97. The molecule has 42 heavy (non-hydrogen) atoms. The highest BCUT2D eigenvalue weighted by molar-refractivity contribution is 6.17. The number of pyridine rings is 1. The molecule has 4 aromatic rings. The summed E-state index contributed by atoms with van der Waals surface area (Å²) in [6.45, 7) is 4.78. The van der Waals surface area contributed by atoms with E-state index in [2.05, 4.69) is 16.9 Å². The molecule has 1 amide bonds. The number of benzene rings is 3. The lowest BCUT2D eigenvalue weighted by Crippen LogP contribution is -2.44. The van der Waals surface area contributed by atoms with Crippen LogP contribution in [-0.2, 0) is 4.79 Å². The molecule has 1 aliphatic heterocycles. The first-order valence-electron chi connectivity index (χ1n) is 13.7. The van der Waals surface area contributed by atoms with Crippen molar-refractivity contribution >= 4 is 35.3 Å². The number of rotatable bonds is 9. The molecule has 1 fully saturated rings. The van der Waals surface area contributed by atoms with E-state index in [4.69, 9.17) is 10.5 Å². The van der Waals surface area contributed by atoms with E-state index in [9.17, 15) is 14.6 Å². The zero-order valence-corrected chi connectivity index (χ0v) is 23.1. The number of carbonyl (C=O) groups excluding carboxylic acids is 1. The van der Waals surface area contributed by atoms with E-state index in [1.54, 1.807) is 23.2 Å². The maximum absolute atomic E-state index is 13.4. The molecular formula is C34H32FN5O2. The molecule has 5 rings (SSSR count). The van der Waals surface area contributed by atoms with Gasteiger partial charge in [0.15, 0.2) is 0 Å². The Balaban J connectivity index is 1.48. The average molecular weight is 562 g/mol. The summed E-state index contributed by atoms with van der Waals surface area (Å²) < 4.78 is 19.4. The SMILES string of the molecule is C=CC(=O)N1CCCC(Nc2c(/C=C/c3ccc(F)cc3)cnc(N)c2C(=N)c2ccc(Oc3ccccc3)cc2)C1. The van der Waals surface area contributed by atoms with Crippen molar-refractivity contribution in [3.63, 3.8) is 0 Å². The molecule has 1 unspecified atom stereocenters. The first-order chi connectivity index (χ1) is 20.4. The van der Waals surface area contributed by atoms with Crippen LogP contribution in [0.4, 0.5) is 15.9 Å². The zero-order valence-electron chi connectivity index (χ0n) is 23.1. The molecule has 4 N–H and O–H groups in total. The van der Waals surface area contributed by atoms with Crippen molar-refractivity contribution in [1.82, 2.24) is 9.88 Å². The topological polar surface area (TPSA) is 104 Å². The van der Waals surface area contributed by atoms with E-state index in [1.807, 2.05) is 66.7 Å². The maximum atomic E-state index is 13.4. The van der Waals surface area contributed by atoms with Crippen molar-refractivity contribution in [1.29, 1.82) is 5.41 Å². The van der Waals surface area contributed by atoms with Crippen molar-refractivity contribution in [2.45, 2.75) is 18.9 Å². The van der Waals surface area contributed by atoms with Gasteiger partial charge in [-0.05, 0) is 73.0 Å². The molecule has 2 heterocycles. The van der Waals surface area contributed by atoms with E-state index in [0.29, 0.717) is 41.2 Å². The van der Waals surface area contributed by atoms with Crippen LogP contribution in [0.2, 0.25) is 0 Å². The second kappa shape index (κ2) is 13.0. The first kappa shape index (κ1) is 28.3. The predicted molar refractivity (Wildman–Crippen MR) is 166 cm³/mol. The van der Waals surface area contributed by atoms with Gasteiger partial charge in [0.2, 0.25) is 5.91 Å². The number of amides is 1. The minimum atomic E-state index is -0.310. The van der Waals surface area contributed by atoms with E-state index < -0.39 is 0 Å². The number of likely N-dealkylation sites (tertiary alicyclic amines) is 1. The highest BCUT2D eigenvalue weighted by Crippen LogP contribution is 2.32. The summed E-state index contributed by atoms with van der Waals surface area (Å²) in [5.74, 6) is 1.15. The molecule has 8 heteroatoms. The summed E-state index contributed by atoms with van der Waals surface area (Å²) in [6.07, 6.45) is 8.37. The minimum Gasteiger partial charge on any atom is -0.457 e. The van der Waals surface area contributed by atoms with Crippen LogP contribution in [0.3, 0.4) is 0 Å². The molecule has 0 radical (unpaired) electrons. The molecule has 212 valence electrons. The number of anilines is 2. The normalized spacial score (nSPS) is 14.9. The van der Waals surface area contributed by atoms with Gasteiger partial charge in [0.05, 0.1) is 17.0 Å². The van der Waals surface area contributed by atoms with Crippen LogP contribution in [0.15, 0.2) is 97.7 Å². The highest BCUT2D eigenvalue weighted by atomic mass is 19.1. The van der Waals surface area contributed by atoms with Crippen molar-refractivity contribution in [2.75, 3.05) is 24.1 Å². The molecule has 1 aromatic heterocycles. The van der Waals surface area contributed by atoms with Gasteiger partial charge in [-0.25, -0.2) is 9.37 Å². The van der Waals surface area contributed by atoms with Gasteiger partial charge in [-0.2, -0.15) is 0 Å². The number of piperidine rings is 1. The van der Waals surface area contributed by atoms with Crippen LogP contribution in [0.1, 0.15) is 35.1 Å². The Hall–Kier alpha value is -5.24. The van der Waals surface area contributed by atoms with Gasteiger partial charge >= 0.3 is 0 Å². The lowest BCUT2D eigenvalue weighted by Gasteiger charge is -2.34. The number of halogens is 1. The van der Waals surface area contributed by atoms with E-state index in [0.717, 1.165) is 24.2 Å². The molecule has 7 nitrogen and oxygen atoms in total. The fourth-order valence-corrected chi connectivity index (χ4v) is 4.92. The van der Waals surface area contributed by atoms with Crippen LogP contribution in [0, 0.1) is 11.2 Å². The molecule has 0 saturated carbocycles. The third-order valence-electron chi connectivity index (χ3n) is 7.09. The lowest BCUT2D eigenvalue weighted by molar-refractivity contribution is -0.127. The van der Waals surface area contributed by atoms with Gasteiger partial charge in [-0.1, -0.05) is 49.1 Å². The molecular weight excluding hydrogens is 529 g/mol. The van der Waals surface area contributed by atoms with Crippen molar-refractivity contribution in [2.24, 2.45) is 0 Å². The Labute approximate surface area is 244 Å². The molecule has 1 atom stereocenters. The number of hydrogen-bond donors (Lipinski definition) is 3. The number of nitrogens with one attached hydrogen (secondary N) is 2. The van der Waals surface area contributed by atoms with Gasteiger partial charge < -0.3 is 20.7 Å². The monoisotopic (exact) mass is 561 g/mol. The van der Waals surface area contributed by atoms with Crippen LogP contribution < -0.4 is 15.8 Å². The number of carbonyl (C=O) groups is 1. The average Bonchev–Trinajstić information content (AvgIpc) is 3.02. The molecule has 0 bridgehead atoms. The smallest absolute Gasteiger partial charge is 0.246 e. The Kier molecular flexibility index (Phi) is 8.72. The van der Waals surface area contributed by atoms with Crippen molar-refractivity contribution in [3.8, 4) is 11.5 Å². The molecule has 0 aliphatic carbocycles. The van der Waals surface area contributed by atoms with E-state index >= 15 is 0 Å². The molecule has 1 aliphatic rings. The number of nitrogens with zero attached hydrogens (tertiary/aromatic N) is 2. The van der Waals surface area contributed by atoms with Gasteiger partial charge in [-0.3, -0.25) is 10.2 Å². The van der Waals surface area contributed by atoms with E-state index in [1.165, 1.54) is 18.2 Å². The molecule has 3 aromatic carbocycles. The zero-order chi connectivity index (χ0) is 29.5. The van der Waals surface area contributed by atoms with Gasteiger partial charge in [0, 0.05) is 36.5 Å². The largest absolute Gasteiger partial charge is 0.457 e. The van der Waals surface area contributed by atoms with Gasteiger partial charge in [0.1, 0.15) is 23.1 Å². The fourth-order valence-electron chi connectivity index (χ4n) is 4.92. The number of hydrogen-bond acceptors (Lipinski definition) is 6. The minimum absolute atomic E-state index is 0.0735. The maximum Gasteiger partial charge on any atom is 0.246 e. The van der Waals surface area contributed by atoms with Crippen LogP contribution in [-0.4, -0.2) is 40.6 Å². The molecule has 0 spiro atoms. The Morgan fingerprint density at radius 1 is 1.05 bits per heavy atom. The Morgan fingerprint density at radius 3 is 2.48 bits per heavy atom. The predicted octanol–water partition coefficient (Wildman–Crippen LogP) is 6.77. The summed E-state index contributed by atoms with van der Waals surface area (Å²) in [5, 5.41) is 12.8. The number of nitrogens with two attached hydrogens (primary N) is 1. The number of ether oxygens (including phenoxy) is 1. The fraction of sp³-hybridized carbons (Fsp3) is 0.147. The van der Waals surface area contributed by atoms with Crippen molar-refractivity contribution < 1.29 is 13.9 Å². The number of aromatic nitrogens is 1. The number of para-hydroxylation sites is 1. The van der Waals surface area contributed by atoms with Gasteiger partial charge in [-0.15, -0.1) is 0 Å². The summed E-state index contributed by atoms with van der Waals surface area (Å²) in [6, 6.07) is 22.8. The van der Waals surface area contributed by atoms with Crippen LogP contribution >= 0.6 is 0 Å². The second-order valence-electron chi connectivity index (χ2n) is 10.0. The highest BCUT2D eigenvalue weighted by Gasteiger charge is 2.25. The standard InChI is InChI=1S/C34H32FN5O2/c1-2-30(41)40-20-6-7-27(22-40)39-33-25(13-10-23-11-16-26(35)17-12-23)21-38-34(37)31(33)32(36)24-14-18-29(19-15-24)42-28-8-4-3-5-9-28/h2-5,8-19,21,27,36H,1,6-7,20,22H2,(H3,37,38,39)/b13-10+,36-32?.